The van der Waals surface area contributed by atoms with E-state index in [9.17, 15) is 9.90 Å². The van der Waals surface area contributed by atoms with E-state index in [1.54, 1.807) is 7.11 Å². The summed E-state index contributed by atoms with van der Waals surface area (Å²) in [6, 6.07) is 24.6. The summed E-state index contributed by atoms with van der Waals surface area (Å²) in [7, 11) is 1.61. The number of hydrogen-bond donors (Lipinski definition) is 3. The van der Waals surface area contributed by atoms with Gasteiger partial charge in [-0.15, -0.1) is 0 Å². The van der Waals surface area contributed by atoms with Crippen molar-refractivity contribution in [2.45, 2.75) is 38.9 Å². The molecule has 208 valence electrons. The molecule has 0 fully saturated rings. The van der Waals surface area contributed by atoms with Crippen molar-refractivity contribution in [2.24, 2.45) is 0 Å². The predicted molar refractivity (Wildman–Crippen MR) is 159 cm³/mol. The molecule has 3 rings (SSSR count). The summed E-state index contributed by atoms with van der Waals surface area (Å²) in [5, 5.41) is 17.3. The van der Waals surface area contributed by atoms with Crippen LogP contribution < -0.4 is 20.1 Å². The SMILES string of the molecule is COc1ccccc1NC(=S)Nc1ccc(CCN(C[C@H](O)COc2ccccc2)C(=O)OC(C)(C)C)cc1. The first-order valence-electron chi connectivity index (χ1n) is 12.8. The van der Waals surface area contributed by atoms with Gasteiger partial charge in [-0.05, 0) is 81.4 Å². The molecule has 0 unspecified atom stereocenters. The van der Waals surface area contributed by atoms with Gasteiger partial charge in [0.2, 0.25) is 0 Å². The number of aliphatic hydroxyl groups is 1. The van der Waals surface area contributed by atoms with Gasteiger partial charge in [-0.2, -0.15) is 0 Å². The van der Waals surface area contributed by atoms with Crippen molar-refractivity contribution in [3.63, 3.8) is 0 Å². The molecule has 0 bridgehead atoms. The lowest BCUT2D eigenvalue weighted by Gasteiger charge is -2.29. The molecule has 0 saturated heterocycles. The second-order valence-electron chi connectivity index (χ2n) is 9.93. The molecule has 9 heteroatoms. The number of benzene rings is 3. The Morgan fingerprint density at radius 2 is 1.64 bits per heavy atom. The van der Waals surface area contributed by atoms with E-state index in [2.05, 4.69) is 10.6 Å². The van der Waals surface area contributed by atoms with E-state index in [-0.39, 0.29) is 13.2 Å². The van der Waals surface area contributed by atoms with Gasteiger partial charge in [-0.25, -0.2) is 4.79 Å². The van der Waals surface area contributed by atoms with Gasteiger partial charge in [0.1, 0.15) is 29.8 Å². The van der Waals surface area contributed by atoms with Crippen LogP contribution in [0.3, 0.4) is 0 Å². The van der Waals surface area contributed by atoms with Crippen LogP contribution in [0.1, 0.15) is 26.3 Å². The van der Waals surface area contributed by atoms with Crippen molar-refractivity contribution in [3.05, 3.63) is 84.4 Å². The first-order valence-corrected chi connectivity index (χ1v) is 13.2. The number of ether oxygens (including phenoxy) is 3. The lowest BCUT2D eigenvalue weighted by Crippen LogP contribution is -2.43. The van der Waals surface area contributed by atoms with Gasteiger partial charge in [0.15, 0.2) is 5.11 Å². The van der Waals surface area contributed by atoms with Crippen LogP contribution in [0.25, 0.3) is 0 Å². The Morgan fingerprint density at radius 3 is 2.31 bits per heavy atom. The van der Waals surface area contributed by atoms with Crippen LogP contribution in [0, 0.1) is 0 Å². The maximum Gasteiger partial charge on any atom is 0.410 e. The molecule has 1 atom stereocenters. The number of methoxy groups -OCH3 is 1. The number of aliphatic hydroxyl groups excluding tert-OH is 1. The molecule has 3 aromatic carbocycles. The summed E-state index contributed by atoms with van der Waals surface area (Å²) in [5.74, 6) is 1.36. The van der Waals surface area contributed by atoms with Crippen molar-refractivity contribution in [1.82, 2.24) is 4.90 Å². The Morgan fingerprint density at radius 1 is 0.974 bits per heavy atom. The Bertz CT molecular complexity index is 1200. The number of amides is 1. The third-order valence-electron chi connectivity index (χ3n) is 5.51. The fourth-order valence-corrected chi connectivity index (χ4v) is 3.88. The summed E-state index contributed by atoms with van der Waals surface area (Å²) in [6.45, 7) is 5.97. The smallest absolute Gasteiger partial charge is 0.410 e. The van der Waals surface area contributed by atoms with Crippen molar-refractivity contribution in [1.29, 1.82) is 0 Å². The molecule has 8 nitrogen and oxygen atoms in total. The van der Waals surface area contributed by atoms with Crippen molar-refractivity contribution < 1.29 is 24.1 Å². The average Bonchev–Trinajstić information content (AvgIpc) is 2.90. The number of para-hydroxylation sites is 3. The molecule has 0 spiro atoms. The normalized spacial score (nSPS) is 11.7. The van der Waals surface area contributed by atoms with Crippen molar-refractivity contribution >= 4 is 34.8 Å². The molecule has 0 radical (unpaired) electrons. The molecule has 39 heavy (non-hydrogen) atoms. The molecule has 3 aromatic rings. The fourth-order valence-electron chi connectivity index (χ4n) is 3.65. The molecule has 0 heterocycles. The van der Waals surface area contributed by atoms with E-state index in [1.807, 2.05) is 99.6 Å². The summed E-state index contributed by atoms with van der Waals surface area (Å²) < 4.78 is 16.6. The standard InChI is InChI=1S/C30H37N3O5S/c1-30(2,3)38-29(35)33(20-24(34)21-37-25-10-6-5-7-11-25)19-18-22-14-16-23(17-15-22)31-28(39)32-26-12-8-9-13-27(26)36-4/h5-17,24,34H,18-21H2,1-4H3,(H2,31,32,39)/t24-/m0/s1. The average molecular weight is 552 g/mol. The highest BCUT2D eigenvalue weighted by molar-refractivity contribution is 7.80. The van der Waals surface area contributed by atoms with E-state index in [1.165, 1.54) is 4.90 Å². The summed E-state index contributed by atoms with van der Waals surface area (Å²) in [4.78, 5) is 14.4. The third-order valence-corrected chi connectivity index (χ3v) is 5.71. The number of thiocarbonyl (C=S) groups is 1. The van der Waals surface area contributed by atoms with Crippen molar-refractivity contribution in [3.8, 4) is 11.5 Å². The maximum absolute atomic E-state index is 12.9. The highest BCUT2D eigenvalue weighted by Crippen LogP contribution is 2.23. The van der Waals surface area contributed by atoms with Crippen LogP contribution in [0.4, 0.5) is 16.2 Å². The molecule has 1 amide bonds. The largest absolute Gasteiger partial charge is 0.495 e. The number of carbonyl (C=O) groups is 1. The van der Waals surface area contributed by atoms with E-state index >= 15 is 0 Å². The summed E-state index contributed by atoms with van der Waals surface area (Å²) in [5.41, 5.74) is 1.97. The highest BCUT2D eigenvalue weighted by atomic mass is 32.1. The Hall–Kier alpha value is -3.82. The maximum atomic E-state index is 12.9. The van der Waals surface area contributed by atoms with Gasteiger partial charge < -0.3 is 34.9 Å². The van der Waals surface area contributed by atoms with Crippen LogP contribution in [0.15, 0.2) is 78.9 Å². The lowest BCUT2D eigenvalue weighted by molar-refractivity contribution is 0.00945. The number of nitrogens with zero attached hydrogens (tertiary/aromatic N) is 1. The molecular weight excluding hydrogens is 514 g/mol. The van der Waals surface area contributed by atoms with Crippen LogP contribution in [-0.4, -0.2) is 59.7 Å². The van der Waals surface area contributed by atoms with Gasteiger partial charge >= 0.3 is 6.09 Å². The Balaban J connectivity index is 1.55. The van der Waals surface area contributed by atoms with Gasteiger partial charge in [0, 0.05) is 12.2 Å². The summed E-state index contributed by atoms with van der Waals surface area (Å²) >= 11 is 5.44. The van der Waals surface area contributed by atoms with Gasteiger partial charge in [0.25, 0.3) is 0 Å². The number of carbonyl (C=O) groups excluding carboxylic acids is 1. The van der Waals surface area contributed by atoms with Crippen LogP contribution in [-0.2, 0) is 11.2 Å². The first-order chi connectivity index (χ1) is 18.6. The van der Waals surface area contributed by atoms with Gasteiger partial charge in [0.05, 0.1) is 19.3 Å². The monoisotopic (exact) mass is 551 g/mol. The molecule has 0 aliphatic carbocycles. The molecule has 0 saturated carbocycles. The zero-order chi connectivity index (χ0) is 28.3. The Labute approximate surface area is 235 Å². The minimum atomic E-state index is -0.874. The quantitative estimate of drug-likeness (QED) is 0.261. The second kappa shape index (κ2) is 14.4. The summed E-state index contributed by atoms with van der Waals surface area (Å²) in [6.07, 6.45) is -0.774. The molecular formula is C30H37N3O5S. The molecule has 0 aromatic heterocycles. The number of nitrogens with one attached hydrogen (secondary N) is 2. The van der Waals surface area contributed by atoms with Crippen molar-refractivity contribution in [2.75, 3.05) is 37.4 Å². The van der Waals surface area contributed by atoms with Crippen LogP contribution >= 0.6 is 12.2 Å². The van der Waals surface area contributed by atoms with E-state index in [0.717, 1.165) is 16.9 Å². The minimum absolute atomic E-state index is 0.0620. The van der Waals surface area contributed by atoms with Crippen LogP contribution in [0.2, 0.25) is 0 Å². The lowest BCUT2D eigenvalue weighted by atomic mass is 10.1. The third kappa shape index (κ3) is 10.5. The van der Waals surface area contributed by atoms with E-state index < -0.39 is 17.8 Å². The minimum Gasteiger partial charge on any atom is -0.495 e. The zero-order valence-electron chi connectivity index (χ0n) is 22.8. The fraction of sp³-hybridized carbons (Fsp3) is 0.333. The predicted octanol–water partition coefficient (Wildman–Crippen LogP) is 5.72. The topological polar surface area (TPSA) is 92.3 Å². The zero-order valence-corrected chi connectivity index (χ0v) is 23.7. The number of hydrogen-bond acceptors (Lipinski definition) is 6. The molecule has 0 aliphatic heterocycles. The molecule has 3 N–H and O–H groups in total. The van der Waals surface area contributed by atoms with E-state index in [0.29, 0.717) is 29.6 Å². The first kappa shape index (κ1) is 29.7. The Kier molecular flexibility index (Phi) is 11.0. The van der Waals surface area contributed by atoms with Gasteiger partial charge in [-0.1, -0.05) is 42.5 Å². The van der Waals surface area contributed by atoms with Crippen LogP contribution in [0.5, 0.6) is 11.5 Å². The van der Waals surface area contributed by atoms with Gasteiger partial charge in [-0.3, -0.25) is 0 Å². The second-order valence-corrected chi connectivity index (χ2v) is 10.3. The molecule has 0 aliphatic rings. The number of anilines is 2. The highest BCUT2D eigenvalue weighted by Gasteiger charge is 2.24. The van der Waals surface area contributed by atoms with E-state index in [4.69, 9.17) is 26.4 Å². The number of rotatable bonds is 11.